The van der Waals surface area contributed by atoms with Crippen LogP contribution in [0.4, 0.5) is 5.69 Å². The van der Waals surface area contributed by atoms with E-state index in [0.717, 1.165) is 21.7 Å². The van der Waals surface area contributed by atoms with Crippen molar-refractivity contribution < 1.29 is 18.0 Å². The van der Waals surface area contributed by atoms with Gasteiger partial charge in [-0.1, -0.05) is 86.1 Å². The maximum absolute atomic E-state index is 14.0. The fourth-order valence-electron chi connectivity index (χ4n) is 4.18. The molecule has 0 aromatic heterocycles. The van der Waals surface area contributed by atoms with E-state index in [4.69, 9.17) is 11.6 Å². The molecule has 3 aromatic carbocycles. The van der Waals surface area contributed by atoms with Crippen LogP contribution in [0.3, 0.4) is 0 Å². The van der Waals surface area contributed by atoms with Gasteiger partial charge in [-0.25, -0.2) is 8.42 Å². The van der Waals surface area contributed by atoms with Crippen molar-refractivity contribution in [3.8, 4) is 0 Å². The number of rotatable bonds is 12. The molecule has 0 spiro atoms. The van der Waals surface area contributed by atoms with Crippen LogP contribution in [0.2, 0.25) is 5.02 Å². The summed E-state index contributed by atoms with van der Waals surface area (Å²) in [6, 6.07) is 22.6. The van der Waals surface area contributed by atoms with E-state index in [2.05, 4.69) is 5.32 Å². The molecular formula is C30H36ClN3O4S. The van der Waals surface area contributed by atoms with Crippen LogP contribution in [0.25, 0.3) is 0 Å². The Morgan fingerprint density at radius 3 is 2.23 bits per heavy atom. The third kappa shape index (κ3) is 8.83. The van der Waals surface area contributed by atoms with Crippen LogP contribution >= 0.6 is 11.6 Å². The first-order valence-electron chi connectivity index (χ1n) is 12.8. The average Bonchev–Trinajstić information content (AvgIpc) is 2.88. The van der Waals surface area contributed by atoms with E-state index >= 15 is 0 Å². The number of carbonyl (C=O) groups excluding carboxylic acids is 2. The maximum atomic E-state index is 14.0. The summed E-state index contributed by atoms with van der Waals surface area (Å²) in [6.45, 7) is 5.85. The number of sulfonamides is 1. The second kappa shape index (κ2) is 13.6. The molecule has 0 aliphatic rings. The van der Waals surface area contributed by atoms with Gasteiger partial charge < -0.3 is 10.2 Å². The molecule has 7 nitrogen and oxygen atoms in total. The van der Waals surface area contributed by atoms with Crippen LogP contribution in [0.5, 0.6) is 0 Å². The number of hydrogen-bond acceptors (Lipinski definition) is 4. The number of amides is 2. The summed E-state index contributed by atoms with van der Waals surface area (Å²) < 4.78 is 26.8. The Morgan fingerprint density at radius 2 is 1.62 bits per heavy atom. The van der Waals surface area contributed by atoms with Gasteiger partial charge in [-0.3, -0.25) is 13.9 Å². The van der Waals surface area contributed by atoms with Crippen molar-refractivity contribution in [1.29, 1.82) is 0 Å². The molecule has 1 N–H and O–H groups in total. The molecule has 1 atom stereocenters. The highest BCUT2D eigenvalue weighted by Crippen LogP contribution is 2.23. The summed E-state index contributed by atoms with van der Waals surface area (Å²) in [5.74, 6) is -0.613. The summed E-state index contributed by atoms with van der Waals surface area (Å²) in [5, 5.41) is 3.42. The van der Waals surface area contributed by atoms with E-state index in [1.807, 2.05) is 63.2 Å². The highest BCUT2D eigenvalue weighted by molar-refractivity contribution is 7.92. The number of carbonyl (C=O) groups is 2. The third-order valence-corrected chi connectivity index (χ3v) is 7.73. The molecule has 0 fully saturated rings. The van der Waals surface area contributed by atoms with Crippen LogP contribution in [-0.4, -0.2) is 50.5 Å². The number of hydrogen-bond donors (Lipinski definition) is 1. The number of anilines is 1. The molecule has 39 heavy (non-hydrogen) atoms. The number of nitrogens with zero attached hydrogens (tertiary/aromatic N) is 2. The standard InChI is InChI=1S/C30H36ClN3O4S/c1-22(2)19-32-30(36)28(18-24-12-6-5-7-13-24)33(20-25-14-8-9-16-27(25)31)29(35)21-34(39(4,37)38)26-15-10-11-23(3)17-26/h5-17,22,28H,18-21H2,1-4H3,(H,32,36). The van der Waals surface area contributed by atoms with Gasteiger partial charge in [0.15, 0.2) is 0 Å². The van der Waals surface area contributed by atoms with Crippen LogP contribution in [0, 0.1) is 12.8 Å². The van der Waals surface area contributed by atoms with Crippen LogP contribution in [0.15, 0.2) is 78.9 Å². The quantitative estimate of drug-likeness (QED) is 0.338. The van der Waals surface area contributed by atoms with Gasteiger partial charge in [0.1, 0.15) is 12.6 Å². The SMILES string of the molecule is Cc1cccc(N(CC(=O)N(Cc2ccccc2Cl)C(Cc2ccccc2)C(=O)NCC(C)C)S(C)(=O)=O)c1. The Morgan fingerprint density at radius 1 is 0.949 bits per heavy atom. The van der Waals surface area contributed by atoms with Crippen molar-refractivity contribution in [3.63, 3.8) is 0 Å². The summed E-state index contributed by atoms with van der Waals surface area (Å²) in [6.07, 6.45) is 1.32. The van der Waals surface area contributed by atoms with E-state index < -0.39 is 28.5 Å². The fourth-order valence-corrected chi connectivity index (χ4v) is 5.22. The fraction of sp³-hybridized carbons (Fsp3) is 0.333. The second-order valence-corrected chi connectivity index (χ2v) is 12.4. The van der Waals surface area contributed by atoms with Crippen molar-refractivity contribution in [3.05, 3.63) is 101 Å². The van der Waals surface area contributed by atoms with Crippen LogP contribution < -0.4 is 9.62 Å². The van der Waals surface area contributed by atoms with Crippen molar-refractivity contribution in [2.45, 2.75) is 39.8 Å². The predicted octanol–water partition coefficient (Wildman–Crippen LogP) is 4.83. The molecule has 2 amide bonds. The highest BCUT2D eigenvalue weighted by atomic mass is 35.5. The van der Waals surface area contributed by atoms with Crippen molar-refractivity contribution in [2.24, 2.45) is 5.92 Å². The monoisotopic (exact) mass is 569 g/mol. The topological polar surface area (TPSA) is 86.8 Å². The Balaban J connectivity index is 2.06. The average molecular weight is 570 g/mol. The molecule has 0 saturated carbocycles. The summed E-state index contributed by atoms with van der Waals surface area (Å²) in [7, 11) is -3.81. The summed E-state index contributed by atoms with van der Waals surface area (Å²) in [5.41, 5.74) is 2.77. The number of nitrogens with one attached hydrogen (secondary N) is 1. The third-order valence-electron chi connectivity index (χ3n) is 6.22. The number of benzene rings is 3. The van der Waals surface area contributed by atoms with Gasteiger partial charge in [0.05, 0.1) is 11.9 Å². The van der Waals surface area contributed by atoms with E-state index in [0.29, 0.717) is 22.8 Å². The molecule has 0 bridgehead atoms. The normalized spacial score (nSPS) is 12.2. The summed E-state index contributed by atoms with van der Waals surface area (Å²) in [4.78, 5) is 29.1. The Bertz CT molecular complexity index is 1380. The minimum atomic E-state index is -3.81. The lowest BCUT2D eigenvalue weighted by Gasteiger charge is -2.34. The summed E-state index contributed by atoms with van der Waals surface area (Å²) >= 11 is 6.47. The van der Waals surface area contributed by atoms with Crippen molar-refractivity contribution in [1.82, 2.24) is 10.2 Å². The zero-order valence-corrected chi connectivity index (χ0v) is 24.4. The van der Waals surface area contributed by atoms with Gasteiger partial charge in [0.25, 0.3) is 0 Å². The molecule has 0 radical (unpaired) electrons. The molecular weight excluding hydrogens is 534 g/mol. The molecule has 0 saturated heterocycles. The van der Waals surface area contributed by atoms with Crippen LogP contribution in [-0.2, 0) is 32.6 Å². The minimum Gasteiger partial charge on any atom is -0.354 e. The largest absolute Gasteiger partial charge is 0.354 e. The van der Waals surface area contributed by atoms with Gasteiger partial charge >= 0.3 is 0 Å². The van der Waals surface area contributed by atoms with E-state index in [9.17, 15) is 18.0 Å². The van der Waals surface area contributed by atoms with E-state index in [1.165, 1.54) is 4.90 Å². The zero-order valence-electron chi connectivity index (χ0n) is 22.8. The Labute approximate surface area is 236 Å². The van der Waals surface area contributed by atoms with Gasteiger partial charge in [-0.05, 0) is 47.7 Å². The molecule has 208 valence electrons. The van der Waals surface area contributed by atoms with Gasteiger partial charge in [0.2, 0.25) is 21.8 Å². The lowest BCUT2D eigenvalue weighted by atomic mass is 10.0. The van der Waals surface area contributed by atoms with Gasteiger partial charge in [-0.2, -0.15) is 0 Å². The molecule has 3 rings (SSSR count). The lowest BCUT2D eigenvalue weighted by Crippen LogP contribution is -2.53. The van der Waals surface area contributed by atoms with E-state index in [-0.39, 0.29) is 24.8 Å². The first-order valence-corrected chi connectivity index (χ1v) is 15.1. The predicted molar refractivity (Wildman–Crippen MR) is 157 cm³/mol. The zero-order chi connectivity index (χ0) is 28.6. The smallest absolute Gasteiger partial charge is 0.244 e. The number of halogens is 1. The van der Waals surface area contributed by atoms with E-state index in [1.54, 1.807) is 36.4 Å². The van der Waals surface area contributed by atoms with Gasteiger partial charge in [-0.15, -0.1) is 0 Å². The number of aryl methyl sites for hydroxylation is 1. The second-order valence-electron chi connectivity index (χ2n) is 10.1. The highest BCUT2D eigenvalue weighted by Gasteiger charge is 2.33. The lowest BCUT2D eigenvalue weighted by molar-refractivity contribution is -0.140. The Hall–Kier alpha value is -3.36. The maximum Gasteiger partial charge on any atom is 0.244 e. The molecule has 9 heteroatoms. The molecule has 0 heterocycles. The first kappa shape index (κ1) is 30.2. The molecule has 0 aliphatic heterocycles. The Kier molecular flexibility index (Phi) is 10.5. The minimum absolute atomic E-state index is 0.0382. The molecule has 1 unspecified atom stereocenters. The molecule has 0 aliphatic carbocycles. The van der Waals surface area contributed by atoms with Crippen LogP contribution in [0.1, 0.15) is 30.5 Å². The first-order chi connectivity index (χ1) is 18.5. The molecule has 3 aromatic rings. The van der Waals surface area contributed by atoms with Gasteiger partial charge in [0, 0.05) is 24.5 Å². The van der Waals surface area contributed by atoms with Crippen molar-refractivity contribution in [2.75, 3.05) is 23.7 Å². The van der Waals surface area contributed by atoms with Crippen molar-refractivity contribution >= 4 is 39.1 Å².